The molecule has 1 aliphatic heterocycles. The lowest BCUT2D eigenvalue weighted by atomic mass is 10.1. The van der Waals surface area contributed by atoms with E-state index >= 15 is 0 Å². The van der Waals surface area contributed by atoms with Crippen LogP contribution in [-0.4, -0.2) is 43.8 Å². The summed E-state index contributed by atoms with van der Waals surface area (Å²) < 4.78 is 49.6. The lowest BCUT2D eigenvalue weighted by Crippen LogP contribution is -2.43. The zero-order valence-corrected chi connectivity index (χ0v) is 11.2. The van der Waals surface area contributed by atoms with Gasteiger partial charge in [-0.1, -0.05) is 0 Å². The molecule has 1 aliphatic rings. The summed E-state index contributed by atoms with van der Waals surface area (Å²) in [6, 6.07) is 1.73. The third-order valence-electron chi connectivity index (χ3n) is 3.07. The molecule has 0 unspecified atom stereocenters. The SMILES string of the molecule is NNc1c(F)cc(C(=O)N2CCS(=O)(=O)CC2)cc1F. The van der Waals surface area contributed by atoms with Crippen molar-refractivity contribution < 1.29 is 22.0 Å². The van der Waals surface area contributed by atoms with Gasteiger partial charge in [-0.2, -0.15) is 0 Å². The highest BCUT2D eigenvalue weighted by Crippen LogP contribution is 2.21. The maximum Gasteiger partial charge on any atom is 0.254 e. The minimum Gasteiger partial charge on any atom is -0.337 e. The van der Waals surface area contributed by atoms with Gasteiger partial charge in [0.1, 0.15) is 5.69 Å². The number of amides is 1. The van der Waals surface area contributed by atoms with Crippen molar-refractivity contribution >= 4 is 21.4 Å². The van der Waals surface area contributed by atoms with Crippen LogP contribution in [-0.2, 0) is 9.84 Å². The molecule has 1 heterocycles. The van der Waals surface area contributed by atoms with Crippen molar-refractivity contribution in [2.75, 3.05) is 30.0 Å². The molecule has 20 heavy (non-hydrogen) atoms. The highest BCUT2D eigenvalue weighted by molar-refractivity contribution is 7.91. The lowest BCUT2D eigenvalue weighted by molar-refractivity contribution is 0.0769. The molecule has 0 radical (unpaired) electrons. The first kappa shape index (κ1) is 14.7. The number of nitrogens with two attached hydrogens (primary N) is 1. The van der Waals surface area contributed by atoms with E-state index < -0.39 is 33.1 Å². The van der Waals surface area contributed by atoms with Crippen LogP contribution in [0.2, 0.25) is 0 Å². The zero-order chi connectivity index (χ0) is 14.9. The minimum atomic E-state index is -3.13. The smallest absolute Gasteiger partial charge is 0.254 e. The predicted molar refractivity (Wildman–Crippen MR) is 68.7 cm³/mol. The van der Waals surface area contributed by atoms with Crippen molar-refractivity contribution in [2.24, 2.45) is 5.84 Å². The molecular weight excluding hydrogens is 292 g/mol. The molecule has 0 saturated carbocycles. The van der Waals surface area contributed by atoms with E-state index in [-0.39, 0.29) is 30.2 Å². The molecule has 9 heteroatoms. The van der Waals surface area contributed by atoms with Gasteiger partial charge in [-0.25, -0.2) is 17.2 Å². The van der Waals surface area contributed by atoms with Crippen LogP contribution >= 0.6 is 0 Å². The molecule has 0 bridgehead atoms. The number of sulfone groups is 1. The Morgan fingerprint density at radius 1 is 1.20 bits per heavy atom. The number of hydrogen-bond acceptors (Lipinski definition) is 5. The van der Waals surface area contributed by atoms with Crippen LogP contribution in [0.1, 0.15) is 10.4 Å². The molecule has 1 aromatic carbocycles. The number of anilines is 1. The summed E-state index contributed by atoms with van der Waals surface area (Å²) in [6.07, 6.45) is 0. The first-order valence-corrected chi connectivity index (χ1v) is 7.61. The van der Waals surface area contributed by atoms with Crippen LogP contribution in [0.25, 0.3) is 0 Å². The average Bonchev–Trinajstić information content (AvgIpc) is 2.37. The zero-order valence-electron chi connectivity index (χ0n) is 10.4. The molecule has 0 spiro atoms. The van der Waals surface area contributed by atoms with Crippen molar-refractivity contribution in [1.82, 2.24) is 4.90 Å². The van der Waals surface area contributed by atoms with Gasteiger partial charge in [0, 0.05) is 18.7 Å². The normalized spacial score (nSPS) is 17.9. The second-order valence-corrected chi connectivity index (χ2v) is 6.71. The quantitative estimate of drug-likeness (QED) is 0.598. The summed E-state index contributed by atoms with van der Waals surface area (Å²) in [5, 5.41) is 0. The number of hydrogen-bond donors (Lipinski definition) is 2. The second kappa shape index (κ2) is 5.33. The third-order valence-corrected chi connectivity index (χ3v) is 4.67. The fourth-order valence-corrected chi connectivity index (χ4v) is 3.13. The molecule has 1 aromatic rings. The summed E-state index contributed by atoms with van der Waals surface area (Å²) in [5.74, 6) is 2.08. The monoisotopic (exact) mass is 305 g/mol. The van der Waals surface area contributed by atoms with Gasteiger partial charge in [-0.05, 0) is 12.1 Å². The number of benzene rings is 1. The van der Waals surface area contributed by atoms with Crippen molar-refractivity contribution in [1.29, 1.82) is 0 Å². The van der Waals surface area contributed by atoms with Gasteiger partial charge in [0.15, 0.2) is 21.5 Å². The Labute approximate surface area is 114 Å². The summed E-state index contributed by atoms with van der Waals surface area (Å²) in [5.41, 5.74) is 1.16. The van der Waals surface area contributed by atoms with Gasteiger partial charge in [-0.3, -0.25) is 10.6 Å². The number of nitrogen functional groups attached to an aromatic ring is 1. The van der Waals surface area contributed by atoms with Gasteiger partial charge >= 0.3 is 0 Å². The Hall–Kier alpha value is -1.74. The van der Waals surface area contributed by atoms with Crippen molar-refractivity contribution in [3.05, 3.63) is 29.3 Å². The van der Waals surface area contributed by atoms with Crippen LogP contribution in [0.3, 0.4) is 0 Å². The molecule has 0 atom stereocenters. The van der Waals surface area contributed by atoms with E-state index in [0.29, 0.717) is 0 Å². The number of carbonyl (C=O) groups is 1. The molecule has 1 amide bonds. The number of nitrogens with one attached hydrogen (secondary N) is 1. The van der Waals surface area contributed by atoms with E-state index in [1.807, 2.05) is 5.43 Å². The summed E-state index contributed by atoms with van der Waals surface area (Å²) >= 11 is 0. The predicted octanol–water partition coefficient (Wildman–Crippen LogP) is 0.121. The largest absolute Gasteiger partial charge is 0.337 e. The fraction of sp³-hybridized carbons (Fsp3) is 0.364. The first-order valence-electron chi connectivity index (χ1n) is 5.79. The molecule has 0 aliphatic carbocycles. The van der Waals surface area contributed by atoms with E-state index in [4.69, 9.17) is 5.84 Å². The second-order valence-electron chi connectivity index (χ2n) is 4.40. The standard InChI is InChI=1S/C11H13F2N3O3S/c12-8-5-7(6-9(13)10(8)15-14)11(17)16-1-3-20(18,19)4-2-16/h5-6,15H,1-4,14H2. The molecule has 2 rings (SSSR count). The highest BCUT2D eigenvalue weighted by atomic mass is 32.2. The van der Waals surface area contributed by atoms with Gasteiger partial charge in [-0.15, -0.1) is 0 Å². The number of halogens is 2. The number of hydrazine groups is 1. The summed E-state index contributed by atoms with van der Waals surface area (Å²) in [6.45, 7) is 0.0303. The van der Waals surface area contributed by atoms with Gasteiger partial charge < -0.3 is 10.3 Å². The Morgan fingerprint density at radius 2 is 1.70 bits per heavy atom. The van der Waals surface area contributed by atoms with E-state index in [1.165, 1.54) is 4.90 Å². The molecular formula is C11H13F2N3O3S. The summed E-state index contributed by atoms with van der Waals surface area (Å²) in [4.78, 5) is 13.3. The molecule has 3 N–H and O–H groups in total. The van der Waals surface area contributed by atoms with Crippen LogP contribution in [0.4, 0.5) is 14.5 Å². The fourth-order valence-electron chi connectivity index (χ4n) is 1.93. The van der Waals surface area contributed by atoms with Crippen molar-refractivity contribution in [3.8, 4) is 0 Å². The van der Waals surface area contributed by atoms with Crippen LogP contribution < -0.4 is 11.3 Å². The maximum atomic E-state index is 13.5. The van der Waals surface area contributed by atoms with E-state index in [1.54, 1.807) is 0 Å². The van der Waals surface area contributed by atoms with Gasteiger partial charge in [0.2, 0.25) is 0 Å². The van der Waals surface area contributed by atoms with Crippen LogP contribution in [0.15, 0.2) is 12.1 Å². The van der Waals surface area contributed by atoms with E-state index in [0.717, 1.165) is 12.1 Å². The lowest BCUT2D eigenvalue weighted by Gasteiger charge is -2.26. The van der Waals surface area contributed by atoms with Crippen LogP contribution in [0, 0.1) is 11.6 Å². The third kappa shape index (κ3) is 2.88. The molecule has 1 fully saturated rings. The van der Waals surface area contributed by atoms with Gasteiger partial charge in [0.05, 0.1) is 11.5 Å². The molecule has 0 aromatic heterocycles. The Balaban J connectivity index is 2.22. The first-order chi connectivity index (χ1) is 9.34. The van der Waals surface area contributed by atoms with E-state index in [2.05, 4.69) is 0 Å². The van der Waals surface area contributed by atoms with Crippen molar-refractivity contribution in [2.45, 2.75) is 0 Å². The Morgan fingerprint density at radius 3 is 2.15 bits per heavy atom. The highest BCUT2D eigenvalue weighted by Gasteiger charge is 2.26. The number of rotatable bonds is 2. The van der Waals surface area contributed by atoms with Gasteiger partial charge in [0.25, 0.3) is 5.91 Å². The topological polar surface area (TPSA) is 92.5 Å². The molecule has 1 saturated heterocycles. The summed E-state index contributed by atoms with van der Waals surface area (Å²) in [7, 11) is -3.13. The molecule has 110 valence electrons. The Kier molecular flexibility index (Phi) is 3.91. The Bertz CT molecular complexity index is 611. The maximum absolute atomic E-state index is 13.5. The number of nitrogens with zero attached hydrogens (tertiary/aromatic N) is 1. The minimum absolute atomic E-state index is 0.0152. The van der Waals surface area contributed by atoms with E-state index in [9.17, 15) is 22.0 Å². The van der Waals surface area contributed by atoms with Crippen LogP contribution in [0.5, 0.6) is 0 Å². The average molecular weight is 305 g/mol. The van der Waals surface area contributed by atoms with Crippen molar-refractivity contribution in [3.63, 3.8) is 0 Å². The number of carbonyl (C=O) groups excluding carboxylic acids is 1. The molecule has 6 nitrogen and oxygen atoms in total.